The van der Waals surface area contributed by atoms with Crippen LogP contribution in [-0.2, 0) is 4.79 Å². The monoisotopic (exact) mass is 246 g/mol. The maximum absolute atomic E-state index is 12.3. The molecule has 3 nitrogen and oxygen atoms in total. The van der Waals surface area contributed by atoms with Crippen LogP contribution < -0.4 is 11.1 Å². The lowest BCUT2D eigenvalue weighted by Crippen LogP contribution is -2.53. The van der Waals surface area contributed by atoms with Gasteiger partial charge in [-0.25, -0.2) is 0 Å². The second-order valence-electron chi connectivity index (χ2n) is 5.60. The van der Waals surface area contributed by atoms with Crippen LogP contribution in [0.25, 0.3) is 0 Å². The predicted molar refractivity (Wildman–Crippen MR) is 72.9 cm³/mol. The molecule has 1 amide bonds. The van der Waals surface area contributed by atoms with Crippen LogP contribution in [0.1, 0.15) is 38.3 Å². The van der Waals surface area contributed by atoms with E-state index in [0.717, 1.165) is 18.4 Å². The van der Waals surface area contributed by atoms with E-state index in [4.69, 9.17) is 5.73 Å². The fourth-order valence-electron chi connectivity index (χ4n) is 2.89. The first-order valence-electron chi connectivity index (χ1n) is 6.63. The zero-order valence-corrected chi connectivity index (χ0v) is 11.1. The molecule has 1 aliphatic rings. The van der Waals surface area contributed by atoms with Crippen LogP contribution in [-0.4, -0.2) is 12.5 Å². The Kier molecular flexibility index (Phi) is 3.71. The molecule has 1 unspecified atom stereocenters. The fraction of sp³-hybridized carbons (Fsp3) is 0.533. The van der Waals surface area contributed by atoms with Gasteiger partial charge in [-0.3, -0.25) is 4.79 Å². The summed E-state index contributed by atoms with van der Waals surface area (Å²) >= 11 is 0. The highest BCUT2D eigenvalue weighted by Gasteiger charge is 2.47. The van der Waals surface area contributed by atoms with Crippen molar-refractivity contribution >= 4 is 5.91 Å². The number of hydrogen-bond donors (Lipinski definition) is 2. The summed E-state index contributed by atoms with van der Waals surface area (Å²) in [5.41, 5.74) is 6.60. The summed E-state index contributed by atoms with van der Waals surface area (Å²) in [5.74, 6) is 0.728. The number of benzene rings is 1. The van der Waals surface area contributed by atoms with Crippen LogP contribution in [0.5, 0.6) is 0 Å². The van der Waals surface area contributed by atoms with Gasteiger partial charge >= 0.3 is 0 Å². The molecule has 98 valence electrons. The molecule has 1 fully saturated rings. The normalized spacial score (nSPS) is 28.3. The zero-order chi connectivity index (χ0) is 13.2. The molecule has 1 saturated carbocycles. The van der Waals surface area contributed by atoms with Gasteiger partial charge in [0.1, 0.15) is 0 Å². The molecular formula is C15H22N2O. The standard InChI is InChI=1S/C15H22N2O/c1-11-8-15(9-11,10-16)14(18)17-12(2)13-6-4-3-5-7-13/h3-7,11-12H,8-10,16H2,1-2H3,(H,17,18). The van der Waals surface area contributed by atoms with Gasteiger partial charge in [-0.05, 0) is 31.2 Å². The highest BCUT2D eigenvalue weighted by molar-refractivity contribution is 5.84. The van der Waals surface area contributed by atoms with Gasteiger partial charge in [0.05, 0.1) is 11.5 Å². The van der Waals surface area contributed by atoms with Crippen LogP contribution in [0.2, 0.25) is 0 Å². The third kappa shape index (κ3) is 2.41. The van der Waals surface area contributed by atoms with Gasteiger partial charge in [0, 0.05) is 6.54 Å². The first-order chi connectivity index (χ1) is 8.57. The summed E-state index contributed by atoms with van der Waals surface area (Å²) in [6.07, 6.45) is 1.83. The van der Waals surface area contributed by atoms with Gasteiger partial charge in [-0.15, -0.1) is 0 Å². The molecule has 0 spiro atoms. The van der Waals surface area contributed by atoms with Crippen LogP contribution in [0, 0.1) is 11.3 Å². The van der Waals surface area contributed by atoms with Crippen molar-refractivity contribution in [3.63, 3.8) is 0 Å². The van der Waals surface area contributed by atoms with E-state index >= 15 is 0 Å². The van der Waals surface area contributed by atoms with E-state index < -0.39 is 0 Å². The number of amides is 1. The first kappa shape index (κ1) is 13.1. The van der Waals surface area contributed by atoms with E-state index in [9.17, 15) is 4.79 Å². The molecule has 1 aromatic rings. The molecule has 1 atom stereocenters. The third-order valence-corrected chi connectivity index (χ3v) is 4.00. The lowest BCUT2D eigenvalue weighted by atomic mass is 9.62. The van der Waals surface area contributed by atoms with Gasteiger partial charge in [0.15, 0.2) is 0 Å². The molecule has 3 heteroatoms. The van der Waals surface area contributed by atoms with E-state index in [1.165, 1.54) is 0 Å². The molecule has 3 N–H and O–H groups in total. The molecule has 1 aliphatic carbocycles. The highest BCUT2D eigenvalue weighted by Crippen LogP contribution is 2.45. The van der Waals surface area contributed by atoms with Crippen LogP contribution in [0.4, 0.5) is 0 Å². The number of nitrogens with two attached hydrogens (primary N) is 1. The largest absolute Gasteiger partial charge is 0.349 e. The van der Waals surface area contributed by atoms with Crippen molar-refractivity contribution in [2.75, 3.05) is 6.54 Å². The summed E-state index contributed by atoms with van der Waals surface area (Å²) in [4.78, 5) is 12.3. The van der Waals surface area contributed by atoms with Crippen LogP contribution in [0.3, 0.4) is 0 Å². The minimum Gasteiger partial charge on any atom is -0.349 e. The smallest absolute Gasteiger partial charge is 0.227 e. The number of carbonyl (C=O) groups excluding carboxylic acids is 1. The maximum atomic E-state index is 12.3. The van der Waals surface area contributed by atoms with E-state index in [1.807, 2.05) is 37.3 Å². The topological polar surface area (TPSA) is 55.1 Å². The van der Waals surface area contributed by atoms with Crippen LogP contribution in [0.15, 0.2) is 30.3 Å². The minimum atomic E-state index is -0.317. The van der Waals surface area contributed by atoms with Gasteiger partial charge < -0.3 is 11.1 Å². The number of carbonyl (C=O) groups is 1. The Morgan fingerprint density at radius 2 is 2.06 bits per heavy atom. The summed E-state index contributed by atoms with van der Waals surface area (Å²) in [5, 5.41) is 3.09. The second-order valence-corrected chi connectivity index (χ2v) is 5.60. The molecule has 1 aromatic carbocycles. The predicted octanol–water partition coefficient (Wildman–Crippen LogP) is 2.24. The van der Waals surface area contributed by atoms with Crippen LogP contribution >= 0.6 is 0 Å². The number of rotatable bonds is 4. The highest BCUT2D eigenvalue weighted by atomic mass is 16.2. The average Bonchev–Trinajstić information content (AvgIpc) is 2.35. The fourth-order valence-corrected chi connectivity index (χ4v) is 2.89. The molecule has 0 heterocycles. The van der Waals surface area contributed by atoms with E-state index in [-0.39, 0.29) is 17.4 Å². The first-order valence-corrected chi connectivity index (χ1v) is 6.63. The molecule has 0 saturated heterocycles. The molecule has 18 heavy (non-hydrogen) atoms. The maximum Gasteiger partial charge on any atom is 0.227 e. The lowest BCUT2D eigenvalue weighted by Gasteiger charge is -2.44. The Morgan fingerprint density at radius 3 is 2.56 bits per heavy atom. The van der Waals surface area contributed by atoms with Crippen molar-refractivity contribution in [1.82, 2.24) is 5.32 Å². The van der Waals surface area contributed by atoms with Crippen molar-refractivity contribution in [3.05, 3.63) is 35.9 Å². The average molecular weight is 246 g/mol. The van der Waals surface area contributed by atoms with Crippen molar-refractivity contribution < 1.29 is 4.79 Å². The molecule has 0 aromatic heterocycles. The Bertz CT molecular complexity index is 410. The minimum absolute atomic E-state index is 0.0398. The van der Waals surface area contributed by atoms with Crippen molar-refractivity contribution in [2.45, 2.75) is 32.7 Å². The Balaban J connectivity index is 1.99. The lowest BCUT2D eigenvalue weighted by molar-refractivity contribution is -0.138. The summed E-state index contributed by atoms with van der Waals surface area (Å²) in [6, 6.07) is 10.1. The van der Waals surface area contributed by atoms with Crippen molar-refractivity contribution in [3.8, 4) is 0 Å². The SMILES string of the molecule is CC1CC(CN)(C(=O)NC(C)c2ccccc2)C1. The zero-order valence-electron chi connectivity index (χ0n) is 11.1. The molecule has 0 aliphatic heterocycles. The molecule has 0 radical (unpaired) electrons. The van der Waals surface area contributed by atoms with Gasteiger partial charge in [0.2, 0.25) is 5.91 Å². The third-order valence-electron chi connectivity index (χ3n) is 4.00. The second kappa shape index (κ2) is 5.11. The Labute approximate surface area is 109 Å². The molecular weight excluding hydrogens is 224 g/mol. The van der Waals surface area contributed by atoms with Gasteiger partial charge in [-0.1, -0.05) is 37.3 Å². The summed E-state index contributed by atoms with van der Waals surface area (Å²) < 4.78 is 0. The Hall–Kier alpha value is -1.35. The summed E-state index contributed by atoms with van der Waals surface area (Å²) in [6.45, 7) is 4.63. The van der Waals surface area contributed by atoms with E-state index in [0.29, 0.717) is 12.5 Å². The Morgan fingerprint density at radius 1 is 1.44 bits per heavy atom. The van der Waals surface area contributed by atoms with Crippen molar-refractivity contribution in [1.29, 1.82) is 0 Å². The number of hydrogen-bond acceptors (Lipinski definition) is 2. The molecule has 0 bridgehead atoms. The van der Waals surface area contributed by atoms with E-state index in [1.54, 1.807) is 0 Å². The summed E-state index contributed by atoms with van der Waals surface area (Å²) in [7, 11) is 0. The van der Waals surface area contributed by atoms with Crippen molar-refractivity contribution in [2.24, 2.45) is 17.1 Å². The molecule has 2 rings (SSSR count). The quantitative estimate of drug-likeness (QED) is 0.856. The van der Waals surface area contributed by atoms with E-state index in [2.05, 4.69) is 12.2 Å². The van der Waals surface area contributed by atoms with Gasteiger partial charge in [-0.2, -0.15) is 0 Å². The number of nitrogens with one attached hydrogen (secondary N) is 1. The van der Waals surface area contributed by atoms with Gasteiger partial charge in [0.25, 0.3) is 0 Å².